The normalized spacial score (nSPS) is 21.0. The molecule has 5 nitrogen and oxygen atoms in total. The number of nitrogens with zero attached hydrogens (tertiary/aromatic N) is 2. The van der Waals surface area contributed by atoms with E-state index in [9.17, 15) is 0 Å². The van der Waals surface area contributed by atoms with Crippen LogP contribution in [0.1, 0.15) is 19.8 Å². The number of hydrogen-bond acceptors (Lipinski definition) is 5. The van der Waals surface area contributed by atoms with Gasteiger partial charge in [-0.05, 0) is 45.3 Å². The van der Waals surface area contributed by atoms with E-state index in [-0.39, 0.29) is 0 Å². The Morgan fingerprint density at radius 2 is 2.29 bits per heavy atom. The van der Waals surface area contributed by atoms with Gasteiger partial charge >= 0.3 is 0 Å². The molecule has 2 rings (SSSR count). The van der Waals surface area contributed by atoms with Gasteiger partial charge < -0.3 is 19.7 Å². The van der Waals surface area contributed by atoms with Crippen molar-refractivity contribution < 1.29 is 9.47 Å². The monoisotopic (exact) mass is 293 g/mol. The lowest BCUT2D eigenvalue weighted by molar-refractivity contribution is 0.144. The van der Waals surface area contributed by atoms with Crippen LogP contribution >= 0.6 is 0 Å². The fourth-order valence-electron chi connectivity index (χ4n) is 2.78. The number of piperidine rings is 1. The topological polar surface area (TPSA) is 46.6 Å². The van der Waals surface area contributed by atoms with E-state index in [4.69, 9.17) is 9.47 Å². The van der Waals surface area contributed by atoms with E-state index in [0.29, 0.717) is 31.1 Å². The molecule has 1 N–H and O–H groups in total. The molecule has 0 radical (unpaired) electrons. The highest BCUT2D eigenvalue weighted by Gasteiger charge is 2.22. The first-order valence-corrected chi connectivity index (χ1v) is 7.72. The molecule has 0 saturated carbocycles. The van der Waals surface area contributed by atoms with Gasteiger partial charge in [0.2, 0.25) is 5.88 Å². The van der Waals surface area contributed by atoms with Crippen LogP contribution < -0.4 is 10.1 Å². The van der Waals surface area contributed by atoms with Crippen molar-refractivity contribution in [1.82, 2.24) is 9.88 Å². The molecular formula is C16H27N3O2. The minimum Gasteiger partial charge on any atom is -0.475 e. The first kappa shape index (κ1) is 16.0. The van der Waals surface area contributed by atoms with Gasteiger partial charge in [0.1, 0.15) is 6.61 Å². The number of aromatic nitrogens is 1. The zero-order valence-electron chi connectivity index (χ0n) is 13.3. The van der Waals surface area contributed by atoms with Gasteiger partial charge in [0.25, 0.3) is 0 Å². The van der Waals surface area contributed by atoms with Crippen LogP contribution in [-0.4, -0.2) is 56.4 Å². The highest BCUT2D eigenvalue weighted by molar-refractivity contribution is 5.43. The van der Waals surface area contributed by atoms with Crippen molar-refractivity contribution >= 4 is 5.69 Å². The van der Waals surface area contributed by atoms with E-state index < -0.39 is 0 Å². The van der Waals surface area contributed by atoms with Crippen molar-refractivity contribution in [3.8, 4) is 5.88 Å². The lowest BCUT2D eigenvalue weighted by Gasteiger charge is -2.34. The van der Waals surface area contributed by atoms with E-state index in [2.05, 4.69) is 29.2 Å². The lowest BCUT2D eigenvalue weighted by Crippen LogP contribution is -2.39. The summed E-state index contributed by atoms with van der Waals surface area (Å²) in [5.41, 5.74) is 1.05. The second-order valence-corrected chi connectivity index (χ2v) is 5.82. The maximum absolute atomic E-state index is 5.47. The summed E-state index contributed by atoms with van der Waals surface area (Å²) in [7, 11) is 3.86. The van der Waals surface area contributed by atoms with E-state index in [1.807, 2.05) is 18.3 Å². The third-order valence-corrected chi connectivity index (χ3v) is 4.04. The minimum absolute atomic E-state index is 0.454. The number of anilines is 1. The SMILES string of the molecule is COCCOc1ccc(NC(C)C2CCCN(C)C2)cn1. The van der Waals surface area contributed by atoms with Crippen LogP contribution in [0.5, 0.6) is 5.88 Å². The zero-order valence-corrected chi connectivity index (χ0v) is 13.3. The van der Waals surface area contributed by atoms with E-state index in [1.165, 1.54) is 25.9 Å². The van der Waals surface area contributed by atoms with E-state index in [0.717, 1.165) is 5.69 Å². The maximum atomic E-state index is 5.47. The molecule has 1 aliphatic heterocycles. The molecule has 0 amide bonds. The molecule has 0 aliphatic carbocycles. The largest absolute Gasteiger partial charge is 0.475 e. The van der Waals surface area contributed by atoms with Crippen LogP contribution in [0.2, 0.25) is 0 Å². The second kappa shape index (κ2) is 8.20. The molecule has 2 unspecified atom stereocenters. The molecule has 118 valence electrons. The Balaban J connectivity index is 1.81. The number of nitrogens with one attached hydrogen (secondary N) is 1. The number of likely N-dealkylation sites (tertiary alicyclic amines) is 1. The molecule has 1 saturated heterocycles. The van der Waals surface area contributed by atoms with E-state index in [1.54, 1.807) is 7.11 Å². The predicted molar refractivity (Wildman–Crippen MR) is 84.9 cm³/mol. The minimum atomic E-state index is 0.454. The molecule has 1 aliphatic rings. The van der Waals surface area contributed by atoms with Gasteiger partial charge in [-0.25, -0.2) is 4.98 Å². The Hall–Kier alpha value is -1.33. The van der Waals surface area contributed by atoms with Gasteiger partial charge in [0.05, 0.1) is 18.5 Å². The molecule has 1 aromatic rings. The van der Waals surface area contributed by atoms with Crippen LogP contribution in [0, 0.1) is 5.92 Å². The van der Waals surface area contributed by atoms with Crippen LogP contribution in [-0.2, 0) is 4.74 Å². The van der Waals surface area contributed by atoms with Crippen molar-refractivity contribution in [3.63, 3.8) is 0 Å². The molecule has 2 atom stereocenters. The summed E-state index contributed by atoms with van der Waals surface area (Å²) in [6, 6.07) is 4.38. The molecule has 0 spiro atoms. The molecule has 0 bridgehead atoms. The summed E-state index contributed by atoms with van der Waals surface area (Å²) in [6.07, 6.45) is 4.42. The quantitative estimate of drug-likeness (QED) is 0.781. The highest BCUT2D eigenvalue weighted by atomic mass is 16.5. The summed E-state index contributed by atoms with van der Waals surface area (Å²) in [4.78, 5) is 6.73. The number of rotatable bonds is 7. The molecule has 0 aromatic carbocycles. The van der Waals surface area contributed by atoms with Gasteiger partial charge in [-0.1, -0.05) is 0 Å². The van der Waals surface area contributed by atoms with Crippen molar-refractivity contribution in [2.24, 2.45) is 5.92 Å². The average Bonchev–Trinajstić information content (AvgIpc) is 2.49. The summed E-state index contributed by atoms with van der Waals surface area (Å²) < 4.78 is 10.4. The molecular weight excluding hydrogens is 266 g/mol. The third kappa shape index (κ3) is 5.17. The fraction of sp³-hybridized carbons (Fsp3) is 0.688. The molecule has 21 heavy (non-hydrogen) atoms. The Kier molecular flexibility index (Phi) is 6.26. The van der Waals surface area contributed by atoms with Gasteiger partial charge in [0, 0.05) is 25.8 Å². The van der Waals surface area contributed by atoms with Crippen LogP contribution in [0.25, 0.3) is 0 Å². The molecule has 1 aromatic heterocycles. The predicted octanol–water partition coefficient (Wildman–Crippen LogP) is 2.25. The second-order valence-electron chi connectivity index (χ2n) is 5.82. The summed E-state index contributed by atoms with van der Waals surface area (Å²) in [5, 5.41) is 3.56. The Morgan fingerprint density at radius 3 is 2.95 bits per heavy atom. The first-order chi connectivity index (χ1) is 10.2. The summed E-state index contributed by atoms with van der Waals surface area (Å²) in [6.45, 7) is 5.75. The molecule has 1 fully saturated rings. The summed E-state index contributed by atoms with van der Waals surface area (Å²) >= 11 is 0. The Bertz CT molecular complexity index is 410. The first-order valence-electron chi connectivity index (χ1n) is 7.72. The van der Waals surface area contributed by atoms with Crippen molar-refractivity contribution in [3.05, 3.63) is 18.3 Å². The zero-order chi connectivity index (χ0) is 15.1. The average molecular weight is 293 g/mol. The molecule has 5 heteroatoms. The lowest BCUT2D eigenvalue weighted by atomic mass is 9.92. The maximum Gasteiger partial charge on any atom is 0.213 e. The van der Waals surface area contributed by atoms with Crippen molar-refractivity contribution in [2.45, 2.75) is 25.8 Å². The fourth-order valence-corrected chi connectivity index (χ4v) is 2.78. The van der Waals surface area contributed by atoms with Crippen LogP contribution in [0.4, 0.5) is 5.69 Å². The summed E-state index contributed by atoms with van der Waals surface area (Å²) in [5.74, 6) is 1.34. The number of methoxy groups -OCH3 is 1. The van der Waals surface area contributed by atoms with Crippen LogP contribution in [0.15, 0.2) is 18.3 Å². The Morgan fingerprint density at radius 1 is 1.43 bits per heavy atom. The molecule has 2 heterocycles. The van der Waals surface area contributed by atoms with Crippen LogP contribution in [0.3, 0.4) is 0 Å². The number of hydrogen-bond donors (Lipinski definition) is 1. The van der Waals surface area contributed by atoms with Gasteiger partial charge in [-0.2, -0.15) is 0 Å². The standard InChI is InChI=1S/C16H27N3O2/c1-13(14-5-4-8-19(2)12-14)18-15-6-7-16(17-11-15)21-10-9-20-3/h6-7,11,13-14,18H,4-5,8-10,12H2,1-3H3. The highest BCUT2D eigenvalue weighted by Crippen LogP contribution is 2.22. The van der Waals surface area contributed by atoms with Crippen molar-refractivity contribution in [1.29, 1.82) is 0 Å². The van der Waals surface area contributed by atoms with E-state index >= 15 is 0 Å². The Labute approximate surface area is 127 Å². The van der Waals surface area contributed by atoms with Gasteiger partial charge in [-0.3, -0.25) is 0 Å². The van der Waals surface area contributed by atoms with Gasteiger partial charge in [0.15, 0.2) is 0 Å². The number of ether oxygens (including phenoxy) is 2. The number of pyridine rings is 1. The third-order valence-electron chi connectivity index (χ3n) is 4.04. The van der Waals surface area contributed by atoms with Crippen molar-refractivity contribution in [2.75, 3.05) is 45.8 Å². The smallest absolute Gasteiger partial charge is 0.213 e. The van der Waals surface area contributed by atoms with Gasteiger partial charge in [-0.15, -0.1) is 0 Å².